The van der Waals surface area contributed by atoms with E-state index in [2.05, 4.69) is 38.8 Å². The number of unbranched alkanes of at least 4 members (excludes halogenated alkanes) is 1. The molecule has 0 heteroatoms. The van der Waals surface area contributed by atoms with Crippen LogP contribution in [0.15, 0.2) is 50.1 Å². The third-order valence-electron chi connectivity index (χ3n) is 1.09. The van der Waals surface area contributed by atoms with Crippen molar-refractivity contribution >= 4 is 0 Å². The topological polar surface area (TPSA) is 0 Å². The maximum absolute atomic E-state index is 3.61. The molecule has 0 amide bonds. The molecule has 0 aliphatic carbocycles. The van der Waals surface area contributed by atoms with Gasteiger partial charge in [-0.15, -0.1) is 6.58 Å². The van der Waals surface area contributed by atoms with Gasteiger partial charge >= 0.3 is 0 Å². The SMILES string of the molecule is C=CC=C.C=CCC=CCCC. The molecule has 0 aliphatic heterocycles. The van der Waals surface area contributed by atoms with Gasteiger partial charge in [-0.05, 0) is 12.8 Å². The summed E-state index contributed by atoms with van der Waals surface area (Å²) in [6.07, 6.45) is 13.0. The van der Waals surface area contributed by atoms with Gasteiger partial charge in [-0.3, -0.25) is 0 Å². The van der Waals surface area contributed by atoms with Gasteiger partial charge in [0.2, 0.25) is 0 Å². The van der Waals surface area contributed by atoms with Crippen molar-refractivity contribution in [2.45, 2.75) is 26.2 Å². The molecule has 0 radical (unpaired) electrons. The summed E-state index contributed by atoms with van der Waals surface area (Å²) in [5.74, 6) is 0. The van der Waals surface area contributed by atoms with Crippen LogP contribution in [0.3, 0.4) is 0 Å². The first-order chi connectivity index (χ1) is 5.83. The number of rotatable bonds is 5. The van der Waals surface area contributed by atoms with Gasteiger partial charge < -0.3 is 0 Å². The second-order valence-electron chi connectivity index (χ2n) is 2.26. The molecular weight excluding hydrogens is 144 g/mol. The molecular formula is C12H20. The number of hydrogen-bond donors (Lipinski definition) is 0. The van der Waals surface area contributed by atoms with Crippen LogP contribution in [-0.4, -0.2) is 0 Å². The highest BCUT2D eigenvalue weighted by molar-refractivity contribution is 4.88. The molecule has 0 heterocycles. The van der Waals surface area contributed by atoms with Crippen LogP contribution < -0.4 is 0 Å². The zero-order valence-corrected chi connectivity index (χ0v) is 8.13. The van der Waals surface area contributed by atoms with Crippen molar-refractivity contribution in [1.29, 1.82) is 0 Å². The van der Waals surface area contributed by atoms with Crippen molar-refractivity contribution in [2.24, 2.45) is 0 Å². The van der Waals surface area contributed by atoms with E-state index in [9.17, 15) is 0 Å². The quantitative estimate of drug-likeness (QED) is 0.420. The first-order valence-electron chi connectivity index (χ1n) is 4.32. The standard InChI is InChI=1S/C8H14.C4H6/c1-3-5-7-8-6-4-2;1-3-4-2/h3,7-8H,1,4-6H2,2H3;3-4H,1-2H2. The van der Waals surface area contributed by atoms with Crippen LogP contribution in [0.1, 0.15) is 26.2 Å². The monoisotopic (exact) mass is 164 g/mol. The highest BCUT2D eigenvalue weighted by Gasteiger charge is 1.69. The van der Waals surface area contributed by atoms with E-state index in [1.165, 1.54) is 12.8 Å². The third kappa shape index (κ3) is 23.1. The van der Waals surface area contributed by atoms with Crippen molar-refractivity contribution in [3.05, 3.63) is 50.1 Å². The van der Waals surface area contributed by atoms with E-state index in [0.717, 1.165) is 6.42 Å². The van der Waals surface area contributed by atoms with E-state index in [1.54, 1.807) is 12.2 Å². The van der Waals surface area contributed by atoms with Crippen LogP contribution in [0, 0.1) is 0 Å². The van der Waals surface area contributed by atoms with E-state index >= 15 is 0 Å². The van der Waals surface area contributed by atoms with Crippen molar-refractivity contribution in [3.63, 3.8) is 0 Å². The van der Waals surface area contributed by atoms with E-state index < -0.39 is 0 Å². The van der Waals surface area contributed by atoms with Gasteiger partial charge in [-0.25, -0.2) is 0 Å². The lowest BCUT2D eigenvalue weighted by Crippen LogP contribution is -1.60. The van der Waals surface area contributed by atoms with E-state index in [-0.39, 0.29) is 0 Å². The summed E-state index contributed by atoms with van der Waals surface area (Å²) in [5.41, 5.74) is 0. The number of hydrogen-bond acceptors (Lipinski definition) is 0. The lowest BCUT2D eigenvalue weighted by atomic mass is 10.3. The van der Waals surface area contributed by atoms with Gasteiger partial charge in [0.05, 0.1) is 0 Å². The van der Waals surface area contributed by atoms with Crippen molar-refractivity contribution in [1.82, 2.24) is 0 Å². The lowest BCUT2D eigenvalue weighted by Gasteiger charge is -1.80. The summed E-state index contributed by atoms with van der Waals surface area (Å²) >= 11 is 0. The molecule has 0 saturated heterocycles. The Hall–Kier alpha value is -1.04. The second kappa shape index (κ2) is 16.5. The fraction of sp³-hybridized carbons (Fsp3) is 0.333. The Balaban J connectivity index is 0. The molecule has 0 spiro atoms. The van der Waals surface area contributed by atoms with E-state index in [0.29, 0.717) is 0 Å². The largest absolute Gasteiger partial charge is 0.103 e. The van der Waals surface area contributed by atoms with Gasteiger partial charge in [-0.1, -0.05) is 56.9 Å². The summed E-state index contributed by atoms with van der Waals surface area (Å²) in [5, 5.41) is 0. The highest BCUT2D eigenvalue weighted by Crippen LogP contribution is 1.90. The molecule has 0 unspecified atom stereocenters. The van der Waals surface area contributed by atoms with Crippen LogP contribution in [0.5, 0.6) is 0 Å². The third-order valence-corrected chi connectivity index (χ3v) is 1.09. The molecule has 0 aromatic heterocycles. The fourth-order valence-corrected chi connectivity index (χ4v) is 0.477. The lowest BCUT2D eigenvalue weighted by molar-refractivity contribution is 0.955. The smallest absolute Gasteiger partial charge is 0.0172 e. The van der Waals surface area contributed by atoms with Crippen LogP contribution >= 0.6 is 0 Å². The predicted molar refractivity (Wildman–Crippen MR) is 59.3 cm³/mol. The summed E-state index contributed by atoms with van der Waals surface area (Å²) in [6.45, 7) is 12.5. The molecule has 0 aromatic carbocycles. The second-order valence-corrected chi connectivity index (χ2v) is 2.26. The Morgan fingerprint density at radius 2 is 1.58 bits per heavy atom. The molecule has 0 fully saturated rings. The first kappa shape index (κ1) is 13.5. The van der Waals surface area contributed by atoms with Crippen molar-refractivity contribution in [3.8, 4) is 0 Å². The number of allylic oxidation sites excluding steroid dienone is 5. The van der Waals surface area contributed by atoms with Crippen molar-refractivity contribution < 1.29 is 0 Å². The zero-order valence-electron chi connectivity index (χ0n) is 8.13. The van der Waals surface area contributed by atoms with Crippen LogP contribution in [0.25, 0.3) is 0 Å². The Labute approximate surface area is 77.0 Å². The van der Waals surface area contributed by atoms with Gasteiger partial charge in [0.25, 0.3) is 0 Å². The minimum atomic E-state index is 1.01. The molecule has 0 bridgehead atoms. The van der Waals surface area contributed by atoms with E-state index in [1.807, 2.05) is 6.08 Å². The summed E-state index contributed by atoms with van der Waals surface area (Å²) in [7, 11) is 0. The Bertz CT molecular complexity index is 123. The van der Waals surface area contributed by atoms with Crippen LogP contribution in [0.2, 0.25) is 0 Å². The summed E-state index contributed by atoms with van der Waals surface area (Å²) in [6, 6.07) is 0. The molecule has 68 valence electrons. The average molecular weight is 164 g/mol. The maximum atomic E-state index is 3.61. The Kier molecular flexibility index (Phi) is 18.6. The average Bonchev–Trinajstić information content (AvgIpc) is 2.13. The minimum Gasteiger partial charge on any atom is -0.103 e. The molecule has 0 rings (SSSR count). The fourth-order valence-electron chi connectivity index (χ4n) is 0.477. The summed E-state index contributed by atoms with van der Waals surface area (Å²) < 4.78 is 0. The van der Waals surface area contributed by atoms with Crippen LogP contribution in [0.4, 0.5) is 0 Å². The first-order valence-corrected chi connectivity index (χ1v) is 4.32. The van der Waals surface area contributed by atoms with Gasteiger partial charge in [0.15, 0.2) is 0 Å². The molecule has 12 heavy (non-hydrogen) atoms. The molecule has 0 aliphatic rings. The minimum absolute atomic E-state index is 1.01. The Morgan fingerprint density at radius 1 is 1.00 bits per heavy atom. The molecule has 0 atom stereocenters. The van der Waals surface area contributed by atoms with Crippen molar-refractivity contribution in [2.75, 3.05) is 0 Å². The zero-order chi connectivity index (χ0) is 9.66. The van der Waals surface area contributed by atoms with Gasteiger partial charge in [0.1, 0.15) is 0 Å². The molecule has 0 nitrogen and oxygen atoms in total. The van der Waals surface area contributed by atoms with Crippen LogP contribution in [-0.2, 0) is 0 Å². The Morgan fingerprint density at radius 3 is 1.92 bits per heavy atom. The molecule has 0 aromatic rings. The van der Waals surface area contributed by atoms with Gasteiger partial charge in [0, 0.05) is 0 Å². The normalized spacial score (nSPS) is 8.42. The summed E-state index contributed by atoms with van der Waals surface area (Å²) in [4.78, 5) is 0. The highest BCUT2D eigenvalue weighted by atomic mass is 13.8. The van der Waals surface area contributed by atoms with E-state index in [4.69, 9.17) is 0 Å². The maximum Gasteiger partial charge on any atom is -0.0172 e. The van der Waals surface area contributed by atoms with Gasteiger partial charge in [-0.2, -0.15) is 0 Å². The molecule has 0 saturated carbocycles. The predicted octanol–water partition coefficient (Wildman–Crippen LogP) is 4.28. The molecule has 0 N–H and O–H groups in total.